The van der Waals surface area contributed by atoms with Crippen molar-refractivity contribution >= 4 is 11.6 Å². The lowest BCUT2D eigenvalue weighted by Crippen LogP contribution is -2.12. The van der Waals surface area contributed by atoms with Gasteiger partial charge in [0.2, 0.25) is 0 Å². The first-order chi connectivity index (χ1) is 7.16. The van der Waals surface area contributed by atoms with Crippen molar-refractivity contribution in [1.82, 2.24) is 14.6 Å². The van der Waals surface area contributed by atoms with Crippen LogP contribution in [0.2, 0.25) is 0 Å². The molecule has 0 radical (unpaired) electrons. The molecule has 5 nitrogen and oxygen atoms in total. The summed E-state index contributed by atoms with van der Waals surface area (Å²) >= 11 is 0. The first-order valence-electron chi connectivity index (χ1n) is 4.68. The Hall–Kier alpha value is -1.91. The molecule has 0 aliphatic heterocycles. The minimum atomic E-state index is -0.779. The molecule has 0 aliphatic carbocycles. The molecule has 0 fully saturated rings. The summed E-state index contributed by atoms with van der Waals surface area (Å²) in [7, 11) is 0. The van der Waals surface area contributed by atoms with Gasteiger partial charge in [-0.25, -0.2) is 0 Å². The lowest BCUT2D eigenvalue weighted by molar-refractivity contribution is -0.141. The molecule has 0 spiro atoms. The lowest BCUT2D eigenvalue weighted by Gasteiger charge is -2.05. The topological polar surface area (TPSA) is 67.5 Å². The second-order valence-corrected chi connectivity index (χ2v) is 3.58. The van der Waals surface area contributed by atoms with Crippen LogP contribution in [0.4, 0.5) is 0 Å². The molecule has 0 aliphatic rings. The van der Waals surface area contributed by atoms with Crippen molar-refractivity contribution < 1.29 is 9.90 Å². The molecular formula is C10H11N3O2. The molecule has 78 valence electrons. The van der Waals surface area contributed by atoms with E-state index in [4.69, 9.17) is 5.11 Å². The van der Waals surface area contributed by atoms with Crippen LogP contribution >= 0.6 is 0 Å². The summed E-state index contributed by atoms with van der Waals surface area (Å²) in [6.07, 6.45) is 3.97. The van der Waals surface area contributed by atoms with Crippen LogP contribution in [0.25, 0.3) is 5.65 Å². The molecule has 0 bridgehead atoms. The Balaban J connectivity index is 2.24. The molecule has 0 saturated heterocycles. The molecule has 2 heterocycles. The third-order valence-corrected chi connectivity index (χ3v) is 2.32. The molecule has 2 rings (SSSR count). The van der Waals surface area contributed by atoms with Gasteiger partial charge in [0.1, 0.15) is 6.33 Å². The zero-order valence-corrected chi connectivity index (χ0v) is 8.29. The van der Waals surface area contributed by atoms with Crippen LogP contribution in [0.5, 0.6) is 0 Å². The zero-order valence-electron chi connectivity index (χ0n) is 8.29. The summed E-state index contributed by atoms with van der Waals surface area (Å²) in [5, 5.41) is 16.4. The highest BCUT2D eigenvalue weighted by atomic mass is 16.4. The summed E-state index contributed by atoms with van der Waals surface area (Å²) in [4.78, 5) is 10.7. The summed E-state index contributed by atoms with van der Waals surface area (Å²) < 4.78 is 1.78. The van der Waals surface area contributed by atoms with Gasteiger partial charge in [-0.1, -0.05) is 13.0 Å². The van der Waals surface area contributed by atoms with Crippen LogP contribution in [0.15, 0.2) is 24.7 Å². The van der Waals surface area contributed by atoms with E-state index in [9.17, 15) is 4.79 Å². The summed E-state index contributed by atoms with van der Waals surface area (Å²) in [5.41, 5.74) is 1.74. The average Bonchev–Trinajstić information content (AvgIpc) is 2.64. The molecule has 5 heteroatoms. The molecule has 2 aromatic heterocycles. The van der Waals surface area contributed by atoms with Gasteiger partial charge in [-0.3, -0.25) is 9.20 Å². The molecule has 0 amide bonds. The second-order valence-electron chi connectivity index (χ2n) is 3.58. The minimum Gasteiger partial charge on any atom is -0.481 e. The van der Waals surface area contributed by atoms with E-state index >= 15 is 0 Å². The van der Waals surface area contributed by atoms with Gasteiger partial charge in [-0.2, -0.15) is 0 Å². The highest BCUT2D eigenvalue weighted by molar-refractivity contribution is 5.69. The summed E-state index contributed by atoms with van der Waals surface area (Å²) in [5.74, 6) is -1.15. The van der Waals surface area contributed by atoms with E-state index < -0.39 is 5.97 Å². The van der Waals surface area contributed by atoms with Crippen LogP contribution in [0.1, 0.15) is 12.5 Å². The number of nitrogens with zero attached hydrogens (tertiary/aromatic N) is 3. The molecule has 1 unspecified atom stereocenters. The maximum absolute atomic E-state index is 10.7. The van der Waals surface area contributed by atoms with Crippen LogP contribution in [0.3, 0.4) is 0 Å². The molecule has 1 atom stereocenters. The lowest BCUT2D eigenvalue weighted by atomic mass is 10.0. The predicted molar refractivity (Wildman–Crippen MR) is 53.5 cm³/mol. The van der Waals surface area contributed by atoms with Gasteiger partial charge >= 0.3 is 5.97 Å². The van der Waals surface area contributed by atoms with Crippen LogP contribution in [-0.4, -0.2) is 25.7 Å². The van der Waals surface area contributed by atoms with E-state index in [0.717, 1.165) is 11.2 Å². The number of carboxylic acids is 1. The number of carbonyl (C=O) groups is 1. The number of aromatic nitrogens is 3. The third kappa shape index (κ3) is 1.96. The number of hydrogen-bond acceptors (Lipinski definition) is 3. The number of hydrogen-bond donors (Lipinski definition) is 1. The molecule has 1 N–H and O–H groups in total. The number of aliphatic carboxylic acids is 1. The molecule has 2 aromatic rings. The van der Waals surface area contributed by atoms with Gasteiger partial charge in [0, 0.05) is 6.20 Å². The third-order valence-electron chi connectivity index (χ3n) is 2.32. The van der Waals surface area contributed by atoms with E-state index in [-0.39, 0.29) is 5.92 Å². The monoisotopic (exact) mass is 205 g/mol. The van der Waals surface area contributed by atoms with Crippen LogP contribution in [-0.2, 0) is 11.2 Å². The first-order valence-corrected chi connectivity index (χ1v) is 4.68. The van der Waals surface area contributed by atoms with E-state index in [1.54, 1.807) is 17.7 Å². The van der Waals surface area contributed by atoms with Crippen molar-refractivity contribution in [2.24, 2.45) is 5.92 Å². The molecule has 0 aromatic carbocycles. The van der Waals surface area contributed by atoms with Crippen molar-refractivity contribution in [1.29, 1.82) is 0 Å². The van der Waals surface area contributed by atoms with E-state index in [2.05, 4.69) is 10.2 Å². The van der Waals surface area contributed by atoms with Crippen LogP contribution in [0, 0.1) is 5.92 Å². The van der Waals surface area contributed by atoms with Gasteiger partial charge < -0.3 is 5.11 Å². The first kappa shape index (κ1) is 9.64. The van der Waals surface area contributed by atoms with Crippen molar-refractivity contribution in [3.8, 4) is 0 Å². The fraction of sp³-hybridized carbons (Fsp3) is 0.300. The predicted octanol–water partition coefficient (Wildman–Crippen LogP) is 0.992. The van der Waals surface area contributed by atoms with Crippen molar-refractivity contribution in [2.75, 3.05) is 0 Å². The Morgan fingerprint density at radius 3 is 3.13 bits per heavy atom. The largest absolute Gasteiger partial charge is 0.481 e. The number of rotatable bonds is 3. The smallest absolute Gasteiger partial charge is 0.306 e. The number of carboxylic acid groups (broad SMARTS) is 1. The fourth-order valence-corrected chi connectivity index (χ4v) is 1.44. The van der Waals surface area contributed by atoms with Gasteiger partial charge in [0.15, 0.2) is 5.65 Å². The van der Waals surface area contributed by atoms with Crippen molar-refractivity contribution in [3.63, 3.8) is 0 Å². The maximum Gasteiger partial charge on any atom is 0.306 e. The van der Waals surface area contributed by atoms with Crippen molar-refractivity contribution in [2.45, 2.75) is 13.3 Å². The number of pyridine rings is 1. The SMILES string of the molecule is CC(Cc1ccc2nncn2c1)C(=O)O. The van der Waals surface area contributed by atoms with Gasteiger partial charge in [-0.05, 0) is 18.1 Å². The van der Waals surface area contributed by atoms with E-state index in [1.807, 2.05) is 18.3 Å². The Morgan fingerprint density at radius 1 is 1.60 bits per heavy atom. The second kappa shape index (κ2) is 3.68. The molecule has 15 heavy (non-hydrogen) atoms. The quantitative estimate of drug-likeness (QED) is 0.811. The van der Waals surface area contributed by atoms with Gasteiger partial charge in [0.05, 0.1) is 5.92 Å². The van der Waals surface area contributed by atoms with Gasteiger partial charge in [-0.15, -0.1) is 10.2 Å². The fourth-order valence-electron chi connectivity index (χ4n) is 1.44. The Kier molecular flexibility index (Phi) is 2.37. The number of fused-ring (bicyclic) bond motifs is 1. The van der Waals surface area contributed by atoms with Crippen molar-refractivity contribution in [3.05, 3.63) is 30.2 Å². The molecular weight excluding hydrogens is 194 g/mol. The minimum absolute atomic E-state index is 0.376. The van der Waals surface area contributed by atoms with E-state index in [0.29, 0.717) is 6.42 Å². The Labute approximate surface area is 86.4 Å². The maximum atomic E-state index is 10.7. The Bertz CT molecular complexity index is 492. The standard InChI is InChI=1S/C10H11N3O2/c1-7(10(14)15)4-8-2-3-9-12-11-6-13(9)5-8/h2-3,5-7H,4H2,1H3,(H,14,15). The van der Waals surface area contributed by atoms with Crippen LogP contribution < -0.4 is 0 Å². The molecule has 0 saturated carbocycles. The highest BCUT2D eigenvalue weighted by Crippen LogP contribution is 2.09. The zero-order chi connectivity index (χ0) is 10.8. The average molecular weight is 205 g/mol. The van der Waals surface area contributed by atoms with E-state index in [1.165, 1.54) is 0 Å². The summed E-state index contributed by atoms with van der Waals surface area (Å²) in [6, 6.07) is 3.71. The normalized spacial score (nSPS) is 12.9. The Morgan fingerprint density at radius 2 is 2.40 bits per heavy atom. The highest BCUT2D eigenvalue weighted by Gasteiger charge is 2.11. The van der Waals surface area contributed by atoms with Gasteiger partial charge in [0.25, 0.3) is 0 Å². The summed E-state index contributed by atoms with van der Waals surface area (Å²) in [6.45, 7) is 1.69.